The molecule has 0 radical (unpaired) electrons. The second-order valence-electron chi connectivity index (χ2n) is 11.1. The fraction of sp³-hybridized carbons (Fsp3) is 0.735. The summed E-state index contributed by atoms with van der Waals surface area (Å²) in [5, 5.41) is 0. The molecule has 1 heterocycles. The fourth-order valence-corrected chi connectivity index (χ4v) is 5.48. The van der Waals surface area contributed by atoms with Crippen LogP contribution in [-0.2, 0) is 25.9 Å². The summed E-state index contributed by atoms with van der Waals surface area (Å²) >= 11 is 0. The number of imidazole rings is 1. The minimum Gasteiger partial charge on any atom is -0.234 e. The van der Waals surface area contributed by atoms with Crippen LogP contribution in [0, 0.1) is 0 Å². The van der Waals surface area contributed by atoms with E-state index in [1.807, 2.05) is 0 Å². The number of hydrogen-bond donors (Lipinski definition) is 0. The summed E-state index contributed by atoms with van der Waals surface area (Å²) in [4.78, 5) is 0. The highest BCUT2D eigenvalue weighted by molar-refractivity contribution is 5.14. The summed E-state index contributed by atoms with van der Waals surface area (Å²) in [5.41, 5.74) is 1.46. The second-order valence-corrected chi connectivity index (χ2v) is 11.1. The van der Waals surface area contributed by atoms with E-state index in [1.54, 1.807) is 5.82 Å². The maximum atomic E-state index is 2.56. The number of benzene rings is 1. The van der Waals surface area contributed by atoms with Crippen LogP contribution >= 0.6 is 0 Å². The zero-order chi connectivity index (χ0) is 25.5. The lowest BCUT2D eigenvalue weighted by molar-refractivity contribution is -0.704. The van der Waals surface area contributed by atoms with Crippen LogP contribution in [0.3, 0.4) is 0 Å². The largest absolute Gasteiger partial charge is 0.256 e. The first-order valence-corrected chi connectivity index (χ1v) is 16.0. The zero-order valence-electron chi connectivity index (χ0n) is 24.2. The summed E-state index contributed by atoms with van der Waals surface area (Å²) in [6.07, 6.45) is 33.8. The molecule has 2 aromatic rings. The third kappa shape index (κ3) is 14.2. The van der Waals surface area contributed by atoms with Crippen LogP contribution < -0.4 is 4.57 Å². The molecule has 2 nitrogen and oxygen atoms in total. The Bertz CT molecular complexity index is 733. The van der Waals surface area contributed by atoms with Crippen molar-refractivity contribution in [1.82, 2.24) is 4.57 Å². The average Bonchev–Trinajstić information content (AvgIpc) is 3.28. The third-order valence-corrected chi connectivity index (χ3v) is 7.80. The van der Waals surface area contributed by atoms with Crippen LogP contribution in [0.2, 0.25) is 0 Å². The Morgan fingerprint density at radius 3 is 1.67 bits per heavy atom. The summed E-state index contributed by atoms with van der Waals surface area (Å²) in [6, 6.07) is 11.0. The molecule has 0 saturated heterocycles. The van der Waals surface area contributed by atoms with Crippen molar-refractivity contribution in [1.29, 1.82) is 0 Å². The summed E-state index contributed by atoms with van der Waals surface area (Å²) in [6.45, 7) is 6.94. The number of nitrogens with zero attached hydrogens (tertiary/aromatic N) is 2. The number of unbranched alkanes of at least 4 members (excludes halogenated alkanes) is 16. The van der Waals surface area contributed by atoms with Crippen molar-refractivity contribution in [2.24, 2.45) is 0 Å². The molecular formula is C34H59N2+. The van der Waals surface area contributed by atoms with Gasteiger partial charge in [-0.3, -0.25) is 0 Å². The Hall–Kier alpha value is -1.57. The second kappa shape index (κ2) is 21.5. The molecule has 1 aromatic carbocycles. The molecular weight excluding hydrogens is 436 g/mol. The van der Waals surface area contributed by atoms with E-state index in [9.17, 15) is 0 Å². The standard InChI is InChI=1S/C34H59N2/c1-3-5-7-8-9-10-11-12-13-14-15-16-17-18-22-28-34-35(29-23-6-4-2)31-32-36(34)30-24-27-33-25-20-19-21-26-33/h19-21,25-26,31-32H,3-18,22-24,27-30H2,1-2H3/q+1. The number of aryl methyl sites for hydroxylation is 3. The molecule has 0 atom stereocenters. The van der Waals surface area contributed by atoms with Gasteiger partial charge in [0, 0.05) is 6.42 Å². The van der Waals surface area contributed by atoms with E-state index < -0.39 is 0 Å². The Kier molecular flexibility index (Phi) is 18.3. The quantitative estimate of drug-likeness (QED) is 0.101. The topological polar surface area (TPSA) is 8.81 Å². The lowest BCUT2D eigenvalue weighted by atomic mass is 10.0. The van der Waals surface area contributed by atoms with Gasteiger partial charge in [0.25, 0.3) is 5.82 Å². The molecule has 0 fully saturated rings. The number of aromatic nitrogens is 2. The molecule has 36 heavy (non-hydrogen) atoms. The van der Waals surface area contributed by atoms with Crippen molar-refractivity contribution in [2.75, 3.05) is 0 Å². The average molecular weight is 496 g/mol. The molecule has 2 heteroatoms. The minimum atomic E-state index is 1.14. The third-order valence-electron chi connectivity index (χ3n) is 7.80. The molecule has 2 rings (SSSR count). The minimum absolute atomic E-state index is 1.14. The van der Waals surface area contributed by atoms with Gasteiger partial charge in [-0.05, 0) is 37.7 Å². The van der Waals surface area contributed by atoms with Gasteiger partial charge in [-0.2, -0.15) is 0 Å². The highest BCUT2D eigenvalue weighted by atomic mass is 15.1. The molecule has 0 spiro atoms. The van der Waals surface area contributed by atoms with Crippen LogP contribution in [0.5, 0.6) is 0 Å². The molecule has 0 unspecified atom stereocenters. The van der Waals surface area contributed by atoms with Crippen LogP contribution in [0.1, 0.15) is 147 Å². The van der Waals surface area contributed by atoms with E-state index in [-0.39, 0.29) is 0 Å². The van der Waals surface area contributed by atoms with Gasteiger partial charge in [0.1, 0.15) is 12.4 Å². The van der Waals surface area contributed by atoms with Gasteiger partial charge in [0.15, 0.2) is 0 Å². The van der Waals surface area contributed by atoms with E-state index >= 15 is 0 Å². The summed E-state index contributed by atoms with van der Waals surface area (Å²) in [5.74, 6) is 1.56. The SMILES string of the molecule is CCCCCCCCCCCCCCCCCc1n(CCCCC)cc[n+]1CCCc1ccccc1. The molecule has 1 aromatic heterocycles. The lowest BCUT2D eigenvalue weighted by Crippen LogP contribution is -2.37. The molecule has 0 aliphatic carbocycles. The van der Waals surface area contributed by atoms with Crippen LogP contribution in [-0.4, -0.2) is 4.57 Å². The number of rotatable bonds is 24. The molecule has 0 aliphatic rings. The van der Waals surface area contributed by atoms with Crippen molar-refractivity contribution in [3.63, 3.8) is 0 Å². The maximum absolute atomic E-state index is 2.56. The van der Waals surface area contributed by atoms with Gasteiger partial charge in [0.2, 0.25) is 0 Å². The first kappa shape index (κ1) is 30.7. The van der Waals surface area contributed by atoms with Gasteiger partial charge in [-0.25, -0.2) is 9.13 Å². The van der Waals surface area contributed by atoms with E-state index in [4.69, 9.17) is 0 Å². The highest BCUT2D eigenvalue weighted by Crippen LogP contribution is 2.14. The van der Waals surface area contributed by atoms with E-state index in [0.717, 1.165) is 6.54 Å². The van der Waals surface area contributed by atoms with Crippen molar-refractivity contribution >= 4 is 0 Å². The predicted molar refractivity (Wildman–Crippen MR) is 158 cm³/mol. The van der Waals surface area contributed by atoms with E-state index in [1.165, 1.54) is 147 Å². The maximum Gasteiger partial charge on any atom is 0.256 e. The molecule has 0 N–H and O–H groups in total. The van der Waals surface area contributed by atoms with Gasteiger partial charge in [-0.1, -0.05) is 140 Å². The Morgan fingerprint density at radius 2 is 1.08 bits per heavy atom. The van der Waals surface area contributed by atoms with Crippen molar-refractivity contribution < 1.29 is 4.57 Å². The summed E-state index contributed by atoms with van der Waals surface area (Å²) < 4.78 is 5.11. The monoisotopic (exact) mass is 495 g/mol. The highest BCUT2D eigenvalue weighted by Gasteiger charge is 2.16. The fourth-order valence-electron chi connectivity index (χ4n) is 5.48. The lowest BCUT2D eigenvalue weighted by Gasteiger charge is -2.07. The normalized spacial score (nSPS) is 11.4. The molecule has 0 saturated carbocycles. The van der Waals surface area contributed by atoms with Gasteiger partial charge < -0.3 is 0 Å². The van der Waals surface area contributed by atoms with Crippen LogP contribution in [0.15, 0.2) is 42.7 Å². The van der Waals surface area contributed by atoms with Crippen LogP contribution in [0.25, 0.3) is 0 Å². The van der Waals surface area contributed by atoms with E-state index in [2.05, 4.69) is 65.7 Å². The summed E-state index contributed by atoms with van der Waals surface area (Å²) in [7, 11) is 0. The Balaban J connectivity index is 1.58. The smallest absolute Gasteiger partial charge is 0.234 e. The molecule has 0 bridgehead atoms. The van der Waals surface area contributed by atoms with E-state index in [0.29, 0.717) is 0 Å². The predicted octanol–water partition coefficient (Wildman–Crippen LogP) is 10.0. The van der Waals surface area contributed by atoms with Gasteiger partial charge in [0.05, 0.1) is 13.1 Å². The molecule has 204 valence electrons. The Morgan fingerprint density at radius 1 is 0.556 bits per heavy atom. The van der Waals surface area contributed by atoms with Crippen molar-refractivity contribution in [3.8, 4) is 0 Å². The zero-order valence-corrected chi connectivity index (χ0v) is 24.2. The first-order valence-electron chi connectivity index (χ1n) is 16.0. The molecule has 0 aliphatic heterocycles. The van der Waals surface area contributed by atoms with Gasteiger partial charge in [-0.15, -0.1) is 0 Å². The van der Waals surface area contributed by atoms with Gasteiger partial charge >= 0.3 is 0 Å². The van der Waals surface area contributed by atoms with Crippen molar-refractivity contribution in [2.45, 2.75) is 162 Å². The number of hydrogen-bond acceptors (Lipinski definition) is 0. The van der Waals surface area contributed by atoms with Crippen molar-refractivity contribution in [3.05, 3.63) is 54.1 Å². The molecule has 0 amide bonds. The Labute approximate surface area is 224 Å². The first-order chi connectivity index (χ1) is 17.8. The van der Waals surface area contributed by atoms with Crippen LogP contribution in [0.4, 0.5) is 0 Å².